The second-order valence-electron chi connectivity index (χ2n) is 7.84. The van der Waals surface area contributed by atoms with E-state index in [9.17, 15) is 5.11 Å². The van der Waals surface area contributed by atoms with Crippen molar-refractivity contribution in [2.75, 3.05) is 0 Å². The first-order valence-corrected chi connectivity index (χ1v) is 11.9. The molecule has 1 N–H and O–H groups in total. The topological polar surface area (TPSA) is 29.5 Å². The minimum Gasteiger partial charge on any atom is -0.508 e. The highest BCUT2D eigenvalue weighted by molar-refractivity contribution is 9.10. The van der Waals surface area contributed by atoms with Gasteiger partial charge in [0.1, 0.15) is 17.6 Å². The maximum absolute atomic E-state index is 9.73. The second kappa shape index (κ2) is 8.97. The molecule has 2 nitrogen and oxygen atoms in total. The molecule has 0 amide bonds. The molecule has 1 heterocycles. The summed E-state index contributed by atoms with van der Waals surface area (Å²) in [6.07, 6.45) is 4.10. The van der Waals surface area contributed by atoms with Gasteiger partial charge in [0.25, 0.3) is 0 Å². The summed E-state index contributed by atoms with van der Waals surface area (Å²) >= 11 is 7.02. The van der Waals surface area contributed by atoms with Crippen LogP contribution in [0.1, 0.15) is 39.8 Å². The van der Waals surface area contributed by atoms with Gasteiger partial charge in [-0.3, -0.25) is 0 Å². The maximum atomic E-state index is 9.73. The van der Waals surface area contributed by atoms with Crippen molar-refractivity contribution in [2.45, 2.75) is 12.0 Å². The monoisotopic (exact) mass is 546 g/mol. The average molecular weight is 548 g/mol. The summed E-state index contributed by atoms with van der Waals surface area (Å²) < 4.78 is 8.56. The molecule has 0 aliphatic carbocycles. The molecule has 0 bridgehead atoms. The van der Waals surface area contributed by atoms with Gasteiger partial charge in [-0.2, -0.15) is 0 Å². The Hall–Kier alpha value is -2.82. The Labute approximate surface area is 204 Å². The summed E-state index contributed by atoms with van der Waals surface area (Å²) in [4.78, 5) is 0. The predicted octanol–water partition coefficient (Wildman–Crippen LogP) is 8.35. The number of aromatic hydroxyl groups is 1. The number of rotatable bonds is 4. The van der Waals surface area contributed by atoms with Crippen molar-refractivity contribution in [2.24, 2.45) is 0 Å². The lowest BCUT2D eigenvalue weighted by atomic mass is 9.84. The number of phenols is 1. The Morgan fingerprint density at radius 1 is 0.656 bits per heavy atom. The van der Waals surface area contributed by atoms with Crippen molar-refractivity contribution in [3.63, 3.8) is 0 Å². The number of hydrogen-bond acceptors (Lipinski definition) is 2. The summed E-state index contributed by atoms with van der Waals surface area (Å²) in [5.74, 6) is 1.21. The predicted molar refractivity (Wildman–Crippen MR) is 137 cm³/mol. The molecule has 1 aliphatic heterocycles. The first-order valence-electron chi connectivity index (χ1n) is 10.4. The molecular formula is C28H20Br2O2. The molecule has 0 fully saturated rings. The van der Waals surface area contributed by atoms with Gasteiger partial charge in [0.15, 0.2) is 0 Å². The van der Waals surface area contributed by atoms with Gasteiger partial charge >= 0.3 is 0 Å². The van der Waals surface area contributed by atoms with Gasteiger partial charge in [-0.25, -0.2) is 0 Å². The maximum Gasteiger partial charge on any atom is 0.135 e. The van der Waals surface area contributed by atoms with E-state index in [-0.39, 0.29) is 17.8 Å². The summed E-state index contributed by atoms with van der Waals surface area (Å²) in [5.41, 5.74) is 5.68. The molecule has 4 heteroatoms. The Morgan fingerprint density at radius 3 is 1.91 bits per heavy atom. The van der Waals surface area contributed by atoms with Crippen LogP contribution in [0.15, 0.2) is 99.9 Å². The lowest BCUT2D eigenvalue weighted by Crippen LogP contribution is -2.11. The molecule has 0 aromatic heterocycles. The van der Waals surface area contributed by atoms with Crippen LogP contribution >= 0.6 is 31.9 Å². The van der Waals surface area contributed by atoms with Gasteiger partial charge in [-0.1, -0.05) is 86.5 Å². The third kappa shape index (κ3) is 4.38. The van der Waals surface area contributed by atoms with E-state index in [2.05, 4.69) is 98.6 Å². The van der Waals surface area contributed by atoms with E-state index in [1.165, 1.54) is 11.1 Å². The van der Waals surface area contributed by atoms with Crippen LogP contribution in [-0.2, 0) is 0 Å². The second-order valence-corrected chi connectivity index (χ2v) is 9.67. The average Bonchev–Trinajstić information content (AvgIpc) is 3.18. The lowest BCUT2D eigenvalue weighted by molar-refractivity contribution is 0.222. The third-order valence-corrected chi connectivity index (χ3v) is 6.77. The van der Waals surface area contributed by atoms with E-state index in [4.69, 9.17) is 4.74 Å². The van der Waals surface area contributed by atoms with Gasteiger partial charge in [0.2, 0.25) is 0 Å². The molecule has 32 heavy (non-hydrogen) atoms. The Morgan fingerprint density at radius 2 is 1.22 bits per heavy atom. The largest absolute Gasteiger partial charge is 0.508 e. The minimum absolute atomic E-state index is 0.0590. The summed E-state index contributed by atoms with van der Waals surface area (Å²) in [5, 5.41) is 9.73. The molecule has 0 unspecified atom stereocenters. The van der Waals surface area contributed by atoms with Gasteiger partial charge in [-0.05, 0) is 70.8 Å². The lowest BCUT2D eigenvalue weighted by Gasteiger charge is -2.20. The highest BCUT2D eigenvalue weighted by Gasteiger charge is 2.36. The number of ether oxygens (including phenoxy) is 1. The Bertz CT molecular complexity index is 1260. The van der Waals surface area contributed by atoms with Crippen LogP contribution in [0.5, 0.6) is 11.5 Å². The standard InChI is InChI=1S/C28H20Br2O2/c29-22-10-3-18(4-11-22)1-2-19-5-16-26-25(17-19)27(20-6-12-23(30)13-7-20)28(32-26)21-8-14-24(31)15-9-21/h1-17,27-28,31H/b2-1+/t27-,28+/m0/s1. The summed E-state index contributed by atoms with van der Waals surface area (Å²) in [6.45, 7) is 0. The SMILES string of the molecule is Oc1ccc([C@H]2Oc3ccc(/C=C/c4ccc(Br)cc4)cc3[C@@H]2c2ccc(Br)cc2)cc1. The molecule has 5 rings (SSSR count). The van der Waals surface area contributed by atoms with E-state index in [1.807, 2.05) is 24.3 Å². The van der Waals surface area contributed by atoms with Gasteiger partial charge in [0.05, 0.1) is 5.92 Å². The zero-order valence-electron chi connectivity index (χ0n) is 17.1. The number of fused-ring (bicyclic) bond motifs is 1. The van der Waals surface area contributed by atoms with Crippen molar-refractivity contribution in [1.82, 2.24) is 0 Å². The van der Waals surface area contributed by atoms with Crippen LogP contribution in [0.3, 0.4) is 0 Å². The van der Waals surface area contributed by atoms with E-state index >= 15 is 0 Å². The molecule has 158 valence electrons. The minimum atomic E-state index is -0.155. The number of halogens is 2. The van der Waals surface area contributed by atoms with Crippen LogP contribution in [0, 0.1) is 0 Å². The normalized spacial score (nSPS) is 17.3. The van der Waals surface area contributed by atoms with Crippen LogP contribution in [0.25, 0.3) is 12.2 Å². The zero-order chi connectivity index (χ0) is 22.1. The first-order chi connectivity index (χ1) is 15.6. The van der Waals surface area contributed by atoms with Crippen molar-refractivity contribution in [3.8, 4) is 11.5 Å². The van der Waals surface area contributed by atoms with E-state index in [1.54, 1.807) is 12.1 Å². The molecule has 4 aromatic rings. The molecule has 0 spiro atoms. The molecule has 0 radical (unpaired) electrons. The van der Waals surface area contributed by atoms with Crippen molar-refractivity contribution in [3.05, 3.63) is 128 Å². The molecule has 4 aromatic carbocycles. The van der Waals surface area contributed by atoms with E-state index in [0.29, 0.717) is 0 Å². The van der Waals surface area contributed by atoms with Crippen molar-refractivity contribution >= 4 is 44.0 Å². The van der Waals surface area contributed by atoms with Gasteiger partial charge < -0.3 is 9.84 Å². The molecule has 0 saturated heterocycles. The fraction of sp³-hybridized carbons (Fsp3) is 0.0714. The van der Waals surface area contributed by atoms with Gasteiger partial charge in [0, 0.05) is 14.5 Å². The fourth-order valence-electron chi connectivity index (χ4n) is 4.10. The number of benzene rings is 4. The van der Waals surface area contributed by atoms with Crippen LogP contribution in [0.2, 0.25) is 0 Å². The zero-order valence-corrected chi connectivity index (χ0v) is 20.3. The Balaban J connectivity index is 1.53. The van der Waals surface area contributed by atoms with Crippen LogP contribution in [-0.4, -0.2) is 5.11 Å². The summed E-state index contributed by atoms with van der Waals surface area (Å²) in [6, 6.07) is 30.4. The fourth-order valence-corrected chi connectivity index (χ4v) is 4.63. The van der Waals surface area contributed by atoms with E-state index in [0.717, 1.165) is 31.4 Å². The third-order valence-electron chi connectivity index (χ3n) is 5.71. The highest BCUT2D eigenvalue weighted by Crippen LogP contribution is 2.50. The molecular weight excluding hydrogens is 528 g/mol. The number of hydrogen-bond donors (Lipinski definition) is 1. The first kappa shape index (κ1) is 21.0. The van der Waals surface area contributed by atoms with Crippen molar-refractivity contribution in [1.29, 1.82) is 0 Å². The van der Waals surface area contributed by atoms with Crippen LogP contribution < -0.4 is 4.74 Å². The molecule has 1 aliphatic rings. The van der Waals surface area contributed by atoms with Gasteiger partial charge in [-0.15, -0.1) is 0 Å². The van der Waals surface area contributed by atoms with Crippen molar-refractivity contribution < 1.29 is 9.84 Å². The smallest absolute Gasteiger partial charge is 0.135 e. The summed E-state index contributed by atoms with van der Waals surface area (Å²) in [7, 11) is 0. The van der Waals surface area contributed by atoms with Crippen LogP contribution in [0.4, 0.5) is 0 Å². The quantitative estimate of drug-likeness (QED) is 0.260. The highest BCUT2D eigenvalue weighted by atomic mass is 79.9. The molecule has 0 saturated carbocycles. The Kier molecular flexibility index (Phi) is 5.90. The number of phenolic OH excluding ortho intramolecular Hbond substituents is 1. The molecule has 2 atom stereocenters. The van der Waals surface area contributed by atoms with E-state index < -0.39 is 0 Å².